The number of pyridine rings is 1. The van der Waals surface area contributed by atoms with Gasteiger partial charge in [-0.05, 0) is 30.7 Å². The predicted molar refractivity (Wildman–Crippen MR) is 69.3 cm³/mol. The van der Waals surface area contributed by atoms with E-state index in [0.717, 1.165) is 18.6 Å². The summed E-state index contributed by atoms with van der Waals surface area (Å²) >= 11 is 1.81. The Bertz CT molecular complexity index is 484. The van der Waals surface area contributed by atoms with Gasteiger partial charge in [-0.3, -0.25) is 0 Å². The minimum absolute atomic E-state index is 0.0408. The van der Waals surface area contributed by atoms with Gasteiger partial charge in [0.25, 0.3) is 0 Å². The first-order valence-electron chi connectivity index (χ1n) is 5.41. The Balaban J connectivity index is 2.06. The molecule has 5 nitrogen and oxygen atoms in total. The van der Waals surface area contributed by atoms with Crippen LogP contribution in [0.4, 0.5) is 5.82 Å². The van der Waals surface area contributed by atoms with E-state index in [4.69, 9.17) is 5.73 Å². The van der Waals surface area contributed by atoms with E-state index < -0.39 is 10.0 Å². The first-order chi connectivity index (χ1) is 8.09. The predicted octanol–water partition coefficient (Wildman–Crippen LogP) is 0.838. The standard InChI is InChI=1S/C10H15N3O2S2/c11-10-9(4-1-5-12-10)17(14,15)13-7-8-3-2-6-16-8/h1,4-5,8,13H,2-3,6-7H2,(H2,11,12). The number of nitrogens with two attached hydrogens (primary N) is 1. The largest absolute Gasteiger partial charge is 0.383 e. The molecule has 94 valence electrons. The molecule has 0 spiro atoms. The number of hydrogen-bond donors (Lipinski definition) is 2. The zero-order valence-electron chi connectivity index (χ0n) is 9.30. The maximum atomic E-state index is 12.0. The van der Waals surface area contributed by atoms with Crippen LogP contribution in [0.25, 0.3) is 0 Å². The minimum Gasteiger partial charge on any atom is -0.383 e. The van der Waals surface area contributed by atoms with Gasteiger partial charge in [-0.1, -0.05) is 0 Å². The maximum absolute atomic E-state index is 12.0. The number of hydrogen-bond acceptors (Lipinski definition) is 5. The Morgan fingerprint density at radius 3 is 3.06 bits per heavy atom. The summed E-state index contributed by atoms with van der Waals surface area (Å²) in [5, 5.41) is 0.377. The van der Waals surface area contributed by atoms with Gasteiger partial charge in [0.1, 0.15) is 10.7 Å². The molecule has 1 atom stereocenters. The number of nitrogen functional groups attached to an aromatic ring is 1. The average molecular weight is 273 g/mol. The molecular weight excluding hydrogens is 258 g/mol. The molecule has 1 fully saturated rings. The summed E-state index contributed by atoms with van der Waals surface area (Å²) in [6.07, 6.45) is 3.70. The van der Waals surface area contributed by atoms with Crippen molar-refractivity contribution in [2.75, 3.05) is 18.0 Å². The fraction of sp³-hybridized carbons (Fsp3) is 0.500. The number of rotatable bonds is 4. The molecule has 2 rings (SSSR count). The molecule has 17 heavy (non-hydrogen) atoms. The van der Waals surface area contributed by atoms with Gasteiger partial charge in [0.05, 0.1) is 0 Å². The van der Waals surface area contributed by atoms with Gasteiger partial charge in [0, 0.05) is 18.0 Å². The Kier molecular flexibility index (Phi) is 3.90. The molecule has 7 heteroatoms. The zero-order valence-corrected chi connectivity index (χ0v) is 10.9. The van der Waals surface area contributed by atoms with Crippen molar-refractivity contribution in [3.63, 3.8) is 0 Å². The average Bonchev–Trinajstić information content (AvgIpc) is 2.80. The van der Waals surface area contributed by atoms with E-state index in [1.165, 1.54) is 12.3 Å². The number of thioether (sulfide) groups is 1. The second-order valence-corrected chi connectivity index (χ2v) is 7.02. The van der Waals surface area contributed by atoms with Crippen molar-refractivity contribution >= 4 is 27.6 Å². The molecular formula is C10H15N3O2S2. The van der Waals surface area contributed by atoms with E-state index in [-0.39, 0.29) is 10.7 Å². The number of sulfonamides is 1. The highest BCUT2D eigenvalue weighted by Crippen LogP contribution is 2.25. The lowest BCUT2D eigenvalue weighted by molar-refractivity contribution is 0.579. The third kappa shape index (κ3) is 3.11. The highest BCUT2D eigenvalue weighted by atomic mass is 32.2. The van der Waals surface area contributed by atoms with E-state index in [0.29, 0.717) is 11.8 Å². The first kappa shape index (κ1) is 12.7. The number of aromatic nitrogens is 1. The van der Waals surface area contributed by atoms with Crippen molar-refractivity contribution in [1.29, 1.82) is 0 Å². The van der Waals surface area contributed by atoms with Crippen molar-refractivity contribution < 1.29 is 8.42 Å². The molecule has 1 unspecified atom stereocenters. The molecule has 1 saturated heterocycles. The highest BCUT2D eigenvalue weighted by molar-refractivity contribution is 8.00. The summed E-state index contributed by atoms with van der Waals surface area (Å²) in [6.45, 7) is 0.460. The fourth-order valence-corrected chi connectivity index (χ4v) is 4.18. The molecule has 0 bridgehead atoms. The Labute approximate surface area is 105 Å². The van der Waals surface area contributed by atoms with Gasteiger partial charge in [-0.25, -0.2) is 18.1 Å². The molecule has 0 aromatic carbocycles. The lowest BCUT2D eigenvalue weighted by Gasteiger charge is -2.11. The monoisotopic (exact) mass is 273 g/mol. The van der Waals surface area contributed by atoms with Gasteiger partial charge < -0.3 is 5.73 Å². The summed E-state index contributed by atoms with van der Waals surface area (Å²) in [6, 6.07) is 3.03. The van der Waals surface area contributed by atoms with E-state index in [9.17, 15) is 8.42 Å². The van der Waals surface area contributed by atoms with Gasteiger partial charge >= 0.3 is 0 Å². The third-order valence-corrected chi connectivity index (χ3v) is 5.48. The summed E-state index contributed by atoms with van der Waals surface area (Å²) in [7, 11) is -3.53. The van der Waals surface area contributed by atoms with E-state index in [2.05, 4.69) is 9.71 Å². The smallest absolute Gasteiger partial charge is 0.244 e. The second kappa shape index (κ2) is 5.24. The minimum atomic E-state index is -3.53. The number of anilines is 1. The van der Waals surface area contributed by atoms with Crippen LogP contribution in [0.2, 0.25) is 0 Å². The van der Waals surface area contributed by atoms with Gasteiger partial charge in [0.2, 0.25) is 10.0 Å². The normalized spacial score (nSPS) is 20.6. The topological polar surface area (TPSA) is 85.1 Å². The fourth-order valence-electron chi connectivity index (χ4n) is 1.72. The molecule has 1 aliphatic rings. The van der Waals surface area contributed by atoms with Crippen LogP contribution in [0, 0.1) is 0 Å². The molecule has 0 aliphatic carbocycles. The molecule has 1 aromatic rings. The quantitative estimate of drug-likeness (QED) is 0.849. The lowest BCUT2D eigenvalue weighted by atomic mass is 10.2. The van der Waals surface area contributed by atoms with Crippen LogP contribution in [0.15, 0.2) is 23.2 Å². The molecule has 0 amide bonds. The molecule has 1 aromatic heterocycles. The Morgan fingerprint density at radius 1 is 1.59 bits per heavy atom. The van der Waals surface area contributed by atoms with Crippen LogP contribution in [-0.4, -0.2) is 30.9 Å². The molecule has 2 heterocycles. The molecule has 3 N–H and O–H groups in total. The Morgan fingerprint density at radius 2 is 2.41 bits per heavy atom. The van der Waals surface area contributed by atoms with Crippen LogP contribution >= 0.6 is 11.8 Å². The lowest BCUT2D eigenvalue weighted by Crippen LogP contribution is -2.30. The summed E-state index contributed by atoms with van der Waals surface area (Å²) in [5.41, 5.74) is 5.55. The SMILES string of the molecule is Nc1ncccc1S(=O)(=O)NCC1CCCS1. The number of nitrogens with one attached hydrogen (secondary N) is 1. The summed E-state index contributed by atoms with van der Waals surface area (Å²) < 4.78 is 26.5. The zero-order chi connectivity index (χ0) is 12.3. The van der Waals surface area contributed by atoms with Gasteiger partial charge in [-0.2, -0.15) is 11.8 Å². The van der Waals surface area contributed by atoms with E-state index in [1.54, 1.807) is 6.07 Å². The van der Waals surface area contributed by atoms with Crippen molar-refractivity contribution in [1.82, 2.24) is 9.71 Å². The second-order valence-electron chi connectivity index (χ2n) is 3.87. The highest BCUT2D eigenvalue weighted by Gasteiger charge is 2.21. The van der Waals surface area contributed by atoms with Crippen molar-refractivity contribution in [3.05, 3.63) is 18.3 Å². The van der Waals surface area contributed by atoms with Crippen molar-refractivity contribution in [3.8, 4) is 0 Å². The summed E-state index contributed by atoms with van der Waals surface area (Å²) in [5.74, 6) is 1.15. The van der Waals surface area contributed by atoms with Crippen LogP contribution in [-0.2, 0) is 10.0 Å². The van der Waals surface area contributed by atoms with Gasteiger partial charge in [-0.15, -0.1) is 0 Å². The molecule has 0 saturated carbocycles. The van der Waals surface area contributed by atoms with Crippen LogP contribution in [0.3, 0.4) is 0 Å². The van der Waals surface area contributed by atoms with Crippen molar-refractivity contribution in [2.45, 2.75) is 23.0 Å². The van der Waals surface area contributed by atoms with Crippen LogP contribution < -0.4 is 10.5 Å². The van der Waals surface area contributed by atoms with E-state index in [1.807, 2.05) is 11.8 Å². The maximum Gasteiger partial charge on any atom is 0.244 e. The first-order valence-corrected chi connectivity index (χ1v) is 7.94. The van der Waals surface area contributed by atoms with E-state index >= 15 is 0 Å². The summed E-state index contributed by atoms with van der Waals surface area (Å²) in [4.78, 5) is 3.84. The number of nitrogens with zero attached hydrogens (tertiary/aromatic N) is 1. The third-order valence-electron chi connectivity index (χ3n) is 2.61. The van der Waals surface area contributed by atoms with Crippen LogP contribution in [0.1, 0.15) is 12.8 Å². The van der Waals surface area contributed by atoms with Crippen molar-refractivity contribution in [2.24, 2.45) is 0 Å². The molecule has 0 radical (unpaired) electrons. The Hall–Kier alpha value is -0.790. The van der Waals surface area contributed by atoms with Gasteiger partial charge in [0.15, 0.2) is 0 Å². The van der Waals surface area contributed by atoms with Crippen LogP contribution in [0.5, 0.6) is 0 Å². The molecule has 1 aliphatic heterocycles.